The van der Waals surface area contributed by atoms with Gasteiger partial charge in [-0.3, -0.25) is 4.99 Å². The van der Waals surface area contributed by atoms with E-state index < -0.39 is 0 Å². The molecule has 0 saturated heterocycles. The molecular formula is C17H33IN4O. The Hall–Kier alpha value is -0.790. The van der Waals surface area contributed by atoms with Crippen LogP contribution in [-0.2, 0) is 6.54 Å². The molecule has 5 nitrogen and oxygen atoms in total. The standard InChI is InChI=1S/C17H32N4O.HI/c1-5-8-9-10-11-19-17(18-4)20-13-15-12-16(21-22-15)14(6-2)7-3;/h12,14H,5-11,13H2,1-4H3,(H2,18,19,20);1H. The average Bonchev–Trinajstić information content (AvgIpc) is 3.00. The van der Waals surface area contributed by atoms with Gasteiger partial charge in [-0.1, -0.05) is 45.2 Å². The Morgan fingerprint density at radius 1 is 1.17 bits per heavy atom. The molecule has 1 aromatic heterocycles. The second-order valence-electron chi connectivity index (χ2n) is 5.64. The van der Waals surface area contributed by atoms with Crippen molar-refractivity contribution in [2.24, 2.45) is 4.99 Å². The summed E-state index contributed by atoms with van der Waals surface area (Å²) in [6.07, 6.45) is 7.19. The normalized spacial score (nSPS) is 11.4. The van der Waals surface area contributed by atoms with Crippen molar-refractivity contribution in [2.75, 3.05) is 13.6 Å². The summed E-state index contributed by atoms with van der Waals surface area (Å²) in [5.74, 6) is 2.17. The molecule has 0 fully saturated rings. The number of rotatable bonds is 10. The molecule has 0 aliphatic carbocycles. The maximum Gasteiger partial charge on any atom is 0.191 e. The second kappa shape index (κ2) is 13.6. The summed E-state index contributed by atoms with van der Waals surface area (Å²) in [5.41, 5.74) is 1.06. The minimum atomic E-state index is 0. The number of halogens is 1. The summed E-state index contributed by atoms with van der Waals surface area (Å²) in [5, 5.41) is 10.8. The predicted molar refractivity (Wildman–Crippen MR) is 108 cm³/mol. The van der Waals surface area contributed by atoms with Gasteiger partial charge in [0.15, 0.2) is 11.7 Å². The fourth-order valence-electron chi connectivity index (χ4n) is 2.46. The number of guanidine groups is 1. The Morgan fingerprint density at radius 3 is 2.52 bits per heavy atom. The summed E-state index contributed by atoms with van der Waals surface area (Å²) in [6, 6.07) is 2.05. The van der Waals surface area contributed by atoms with Gasteiger partial charge in [0.25, 0.3) is 0 Å². The van der Waals surface area contributed by atoms with Crippen molar-refractivity contribution >= 4 is 29.9 Å². The van der Waals surface area contributed by atoms with Crippen molar-refractivity contribution in [1.29, 1.82) is 0 Å². The largest absolute Gasteiger partial charge is 0.359 e. The quantitative estimate of drug-likeness (QED) is 0.246. The lowest BCUT2D eigenvalue weighted by atomic mass is 9.99. The van der Waals surface area contributed by atoms with Gasteiger partial charge in [0.1, 0.15) is 0 Å². The van der Waals surface area contributed by atoms with Gasteiger partial charge in [0, 0.05) is 25.6 Å². The molecule has 6 heteroatoms. The molecule has 1 aromatic rings. The first-order valence-corrected chi connectivity index (χ1v) is 8.65. The molecule has 134 valence electrons. The molecule has 0 atom stereocenters. The highest BCUT2D eigenvalue weighted by atomic mass is 127. The maximum atomic E-state index is 5.41. The molecule has 0 amide bonds. The van der Waals surface area contributed by atoms with Crippen LogP contribution in [0.5, 0.6) is 0 Å². The molecule has 0 bridgehead atoms. The van der Waals surface area contributed by atoms with Crippen LogP contribution in [-0.4, -0.2) is 24.7 Å². The van der Waals surface area contributed by atoms with Crippen LogP contribution in [0.15, 0.2) is 15.6 Å². The SMILES string of the molecule is CCCCCCNC(=NC)NCc1cc(C(CC)CC)no1.I. The van der Waals surface area contributed by atoms with E-state index in [9.17, 15) is 0 Å². The predicted octanol–water partition coefficient (Wildman–Crippen LogP) is 4.44. The van der Waals surface area contributed by atoms with Gasteiger partial charge in [-0.25, -0.2) is 0 Å². The molecule has 23 heavy (non-hydrogen) atoms. The molecule has 1 heterocycles. The second-order valence-corrected chi connectivity index (χ2v) is 5.64. The average molecular weight is 436 g/mol. The number of aromatic nitrogens is 1. The Balaban J connectivity index is 0.00000484. The van der Waals surface area contributed by atoms with Crippen molar-refractivity contribution in [3.63, 3.8) is 0 Å². The zero-order chi connectivity index (χ0) is 16.2. The van der Waals surface area contributed by atoms with Gasteiger partial charge in [-0.15, -0.1) is 24.0 Å². The van der Waals surface area contributed by atoms with Crippen LogP contribution in [0, 0.1) is 0 Å². The van der Waals surface area contributed by atoms with Gasteiger partial charge in [-0.2, -0.15) is 0 Å². The Morgan fingerprint density at radius 2 is 1.91 bits per heavy atom. The Kier molecular flexibility index (Phi) is 13.2. The summed E-state index contributed by atoms with van der Waals surface area (Å²) < 4.78 is 5.41. The molecule has 0 aliphatic rings. The number of nitrogens with one attached hydrogen (secondary N) is 2. The Bertz CT molecular complexity index is 430. The summed E-state index contributed by atoms with van der Waals surface area (Å²) in [6.45, 7) is 8.16. The molecule has 0 unspecified atom stereocenters. The highest BCUT2D eigenvalue weighted by Crippen LogP contribution is 2.22. The lowest BCUT2D eigenvalue weighted by Crippen LogP contribution is -2.37. The number of hydrogen-bond donors (Lipinski definition) is 2. The fourth-order valence-corrected chi connectivity index (χ4v) is 2.46. The van der Waals surface area contributed by atoms with Crippen molar-refractivity contribution < 1.29 is 4.52 Å². The number of unbranched alkanes of at least 4 members (excludes halogenated alkanes) is 3. The van der Waals surface area contributed by atoms with E-state index >= 15 is 0 Å². The van der Waals surface area contributed by atoms with Gasteiger partial charge in [-0.05, 0) is 19.3 Å². The van der Waals surface area contributed by atoms with Gasteiger partial charge in [0.2, 0.25) is 0 Å². The molecule has 1 rings (SSSR count). The Labute approximate surface area is 158 Å². The van der Waals surface area contributed by atoms with Crippen molar-refractivity contribution in [2.45, 2.75) is 71.8 Å². The van der Waals surface area contributed by atoms with Crippen LogP contribution in [0.4, 0.5) is 0 Å². The van der Waals surface area contributed by atoms with E-state index in [1.165, 1.54) is 25.7 Å². The van der Waals surface area contributed by atoms with E-state index in [4.69, 9.17) is 4.52 Å². The third-order valence-electron chi connectivity index (χ3n) is 3.96. The summed E-state index contributed by atoms with van der Waals surface area (Å²) >= 11 is 0. The molecular weight excluding hydrogens is 403 g/mol. The number of hydrogen-bond acceptors (Lipinski definition) is 3. The van der Waals surface area contributed by atoms with Crippen LogP contribution in [0.2, 0.25) is 0 Å². The van der Waals surface area contributed by atoms with E-state index in [2.05, 4.69) is 47.6 Å². The first-order chi connectivity index (χ1) is 10.7. The molecule has 2 N–H and O–H groups in total. The molecule has 0 spiro atoms. The van der Waals surface area contributed by atoms with Crippen molar-refractivity contribution in [1.82, 2.24) is 15.8 Å². The van der Waals surface area contributed by atoms with E-state index in [1.807, 2.05) is 0 Å². The topological polar surface area (TPSA) is 62.5 Å². The zero-order valence-corrected chi connectivity index (χ0v) is 17.4. The first-order valence-electron chi connectivity index (χ1n) is 8.65. The summed E-state index contributed by atoms with van der Waals surface area (Å²) in [7, 11) is 1.79. The van der Waals surface area contributed by atoms with E-state index in [0.717, 1.165) is 36.8 Å². The summed E-state index contributed by atoms with van der Waals surface area (Å²) in [4.78, 5) is 4.23. The molecule has 0 aliphatic heterocycles. The van der Waals surface area contributed by atoms with Crippen molar-refractivity contribution in [3.8, 4) is 0 Å². The fraction of sp³-hybridized carbons (Fsp3) is 0.765. The smallest absolute Gasteiger partial charge is 0.191 e. The van der Waals surface area contributed by atoms with Crippen molar-refractivity contribution in [3.05, 3.63) is 17.5 Å². The maximum absolute atomic E-state index is 5.41. The number of nitrogens with zero attached hydrogens (tertiary/aromatic N) is 2. The lowest BCUT2D eigenvalue weighted by Gasteiger charge is -2.10. The monoisotopic (exact) mass is 436 g/mol. The van der Waals surface area contributed by atoms with E-state index in [0.29, 0.717) is 12.5 Å². The highest BCUT2D eigenvalue weighted by molar-refractivity contribution is 14.0. The van der Waals surface area contributed by atoms with Crippen LogP contribution in [0.25, 0.3) is 0 Å². The molecule has 0 aromatic carbocycles. The van der Waals surface area contributed by atoms with E-state index in [1.54, 1.807) is 7.05 Å². The van der Waals surface area contributed by atoms with E-state index in [-0.39, 0.29) is 24.0 Å². The van der Waals surface area contributed by atoms with Crippen LogP contribution in [0.1, 0.15) is 76.7 Å². The molecule has 0 radical (unpaired) electrons. The third-order valence-corrected chi connectivity index (χ3v) is 3.96. The first kappa shape index (κ1) is 22.2. The highest BCUT2D eigenvalue weighted by Gasteiger charge is 2.12. The minimum absolute atomic E-state index is 0. The van der Waals surface area contributed by atoms with Gasteiger partial charge < -0.3 is 15.2 Å². The third kappa shape index (κ3) is 8.58. The van der Waals surface area contributed by atoms with Crippen LogP contribution in [0.3, 0.4) is 0 Å². The zero-order valence-electron chi connectivity index (χ0n) is 15.0. The van der Waals surface area contributed by atoms with Gasteiger partial charge >= 0.3 is 0 Å². The minimum Gasteiger partial charge on any atom is -0.359 e. The lowest BCUT2D eigenvalue weighted by molar-refractivity contribution is 0.368. The molecule has 0 saturated carbocycles. The van der Waals surface area contributed by atoms with Crippen LogP contribution >= 0.6 is 24.0 Å². The number of aliphatic imine (C=N–C) groups is 1. The van der Waals surface area contributed by atoms with Gasteiger partial charge in [0.05, 0.1) is 12.2 Å². The van der Waals surface area contributed by atoms with Crippen LogP contribution < -0.4 is 10.6 Å².